The van der Waals surface area contributed by atoms with Crippen molar-refractivity contribution in [3.63, 3.8) is 0 Å². The fourth-order valence-electron chi connectivity index (χ4n) is 2.27. The van der Waals surface area contributed by atoms with Crippen LogP contribution in [-0.2, 0) is 9.53 Å². The molecule has 0 aliphatic heterocycles. The maximum Gasteiger partial charge on any atom is 0.310 e. The van der Waals surface area contributed by atoms with Gasteiger partial charge in [0.1, 0.15) is 0 Å². The number of hydrogen-bond donors (Lipinski definition) is 0. The molecule has 0 radical (unpaired) electrons. The fourth-order valence-corrected chi connectivity index (χ4v) is 2.83. The first kappa shape index (κ1) is 20.3. The molecule has 0 saturated carbocycles. The first-order valence-corrected chi connectivity index (χ1v) is 8.56. The van der Waals surface area contributed by atoms with Crippen molar-refractivity contribution in [2.45, 2.75) is 20.8 Å². The zero-order valence-corrected chi connectivity index (χ0v) is 16.3. The summed E-state index contributed by atoms with van der Waals surface area (Å²) in [5.74, 6) is 0.114. The average molecular weight is 402 g/mol. The normalized spacial score (nSPS) is 11.6. The van der Waals surface area contributed by atoms with Crippen LogP contribution in [0.2, 0.25) is 0 Å². The topological polar surface area (TPSA) is 65.1 Å². The van der Waals surface area contributed by atoms with Crippen molar-refractivity contribution in [1.82, 2.24) is 4.90 Å². The molecule has 24 heavy (non-hydrogen) atoms. The van der Waals surface area contributed by atoms with Gasteiger partial charge in [0.2, 0.25) is 0 Å². The van der Waals surface area contributed by atoms with Crippen LogP contribution in [0.1, 0.15) is 31.1 Å². The molecule has 0 aromatic heterocycles. The molecule has 1 aromatic carbocycles. The van der Waals surface area contributed by atoms with Crippen LogP contribution >= 0.6 is 15.9 Å². The fraction of sp³-hybridized carbons (Fsp3) is 0.529. The summed E-state index contributed by atoms with van der Waals surface area (Å²) in [5, 5.41) is 0. The summed E-state index contributed by atoms with van der Waals surface area (Å²) < 4.78 is 16.2. The molecule has 1 rings (SSSR count). The van der Waals surface area contributed by atoms with Gasteiger partial charge in [-0.2, -0.15) is 0 Å². The minimum absolute atomic E-state index is 0.185. The average Bonchev–Trinajstić information content (AvgIpc) is 2.59. The van der Waals surface area contributed by atoms with Gasteiger partial charge in [-0.3, -0.25) is 9.59 Å². The molecule has 7 heteroatoms. The van der Waals surface area contributed by atoms with Crippen LogP contribution in [0, 0.1) is 5.92 Å². The number of ether oxygens (including phenoxy) is 3. The van der Waals surface area contributed by atoms with Crippen molar-refractivity contribution < 1.29 is 23.8 Å². The van der Waals surface area contributed by atoms with E-state index in [1.165, 1.54) is 14.2 Å². The van der Waals surface area contributed by atoms with Gasteiger partial charge in [0.25, 0.3) is 5.91 Å². The Morgan fingerprint density at radius 1 is 1.25 bits per heavy atom. The molecule has 6 nitrogen and oxygen atoms in total. The summed E-state index contributed by atoms with van der Waals surface area (Å²) in [6, 6.07) is 3.34. The summed E-state index contributed by atoms with van der Waals surface area (Å²) >= 11 is 3.41. The second kappa shape index (κ2) is 9.52. The lowest BCUT2D eigenvalue weighted by atomic mass is 10.1. The monoisotopic (exact) mass is 401 g/mol. The third-order valence-corrected chi connectivity index (χ3v) is 4.12. The van der Waals surface area contributed by atoms with Crippen molar-refractivity contribution in [1.29, 1.82) is 0 Å². The Morgan fingerprint density at radius 3 is 2.42 bits per heavy atom. The molecule has 0 saturated heterocycles. The van der Waals surface area contributed by atoms with Crippen LogP contribution in [0.15, 0.2) is 16.6 Å². The zero-order valence-electron chi connectivity index (χ0n) is 14.7. The summed E-state index contributed by atoms with van der Waals surface area (Å²) in [5.41, 5.74) is 0.459. The highest BCUT2D eigenvalue weighted by molar-refractivity contribution is 9.10. The van der Waals surface area contributed by atoms with E-state index in [2.05, 4.69) is 15.9 Å². The molecule has 0 aliphatic carbocycles. The number of rotatable bonds is 8. The van der Waals surface area contributed by atoms with Gasteiger partial charge in [-0.1, -0.05) is 6.92 Å². The highest BCUT2D eigenvalue weighted by Gasteiger charge is 2.23. The molecule has 1 unspecified atom stereocenters. The van der Waals surface area contributed by atoms with Crippen molar-refractivity contribution in [2.75, 3.05) is 33.9 Å². The van der Waals surface area contributed by atoms with E-state index in [-0.39, 0.29) is 18.4 Å². The van der Waals surface area contributed by atoms with Gasteiger partial charge in [-0.15, -0.1) is 0 Å². The van der Waals surface area contributed by atoms with E-state index < -0.39 is 5.92 Å². The van der Waals surface area contributed by atoms with E-state index in [9.17, 15) is 9.59 Å². The number of esters is 1. The maximum absolute atomic E-state index is 12.8. The quantitative estimate of drug-likeness (QED) is 0.626. The molecule has 0 heterocycles. The molecule has 0 aliphatic rings. The third-order valence-electron chi connectivity index (χ3n) is 3.53. The van der Waals surface area contributed by atoms with Crippen molar-refractivity contribution in [2.24, 2.45) is 5.92 Å². The lowest BCUT2D eigenvalue weighted by Crippen LogP contribution is -2.37. The summed E-state index contributed by atoms with van der Waals surface area (Å²) in [6.07, 6.45) is 0. The predicted octanol–water partition coefficient (Wildman–Crippen LogP) is 3.13. The summed E-state index contributed by atoms with van der Waals surface area (Å²) in [7, 11) is 2.86. The van der Waals surface area contributed by atoms with Gasteiger partial charge in [0.15, 0.2) is 11.5 Å². The smallest absolute Gasteiger partial charge is 0.310 e. The molecular weight excluding hydrogens is 378 g/mol. The number of carbonyl (C=O) groups excluding carboxylic acids is 2. The van der Waals surface area contributed by atoms with Gasteiger partial charge >= 0.3 is 5.97 Å². The lowest BCUT2D eigenvalue weighted by molar-refractivity contribution is -0.145. The highest BCUT2D eigenvalue weighted by Crippen LogP contribution is 2.37. The van der Waals surface area contributed by atoms with Crippen molar-refractivity contribution in [3.8, 4) is 11.5 Å². The Kier molecular flexibility index (Phi) is 8.04. The van der Waals surface area contributed by atoms with Gasteiger partial charge in [-0.25, -0.2) is 0 Å². The van der Waals surface area contributed by atoms with E-state index in [1.807, 2.05) is 13.8 Å². The number of nitrogens with zero attached hydrogens (tertiary/aromatic N) is 1. The minimum atomic E-state index is -0.396. The van der Waals surface area contributed by atoms with Crippen LogP contribution in [0.25, 0.3) is 0 Å². The molecular formula is C17H24BrNO5. The number of hydrogen-bond acceptors (Lipinski definition) is 5. The highest BCUT2D eigenvalue weighted by atomic mass is 79.9. The van der Waals surface area contributed by atoms with E-state index in [0.717, 1.165) is 0 Å². The van der Waals surface area contributed by atoms with Gasteiger partial charge in [0.05, 0.1) is 31.2 Å². The van der Waals surface area contributed by atoms with E-state index in [4.69, 9.17) is 14.2 Å². The first-order chi connectivity index (χ1) is 11.4. The third kappa shape index (κ3) is 4.87. The largest absolute Gasteiger partial charge is 0.493 e. The Morgan fingerprint density at radius 2 is 1.92 bits per heavy atom. The van der Waals surface area contributed by atoms with E-state index in [1.54, 1.807) is 24.0 Å². The van der Waals surface area contributed by atoms with Gasteiger partial charge < -0.3 is 19.1 Å². The number of halogens is 1. The zero-order chi connectivity index (χ0) is 18.3. The van der Waals surface area contributed by atoms with E-state index in [0.29, 0.717) is 34.7 Å². The van der Waals surface area contributed by atoms with Gasteiger partial charge in [-0.05, 0) is 41.9 Å². The Balaban J connectivity index is 3.07. The Bertz CT molecular complexity index is 591. The molecule has 0 spiro atoms. The van der Waals surface area contributed by atoms with Crippen LogP contribution in [0.4, 0.5) is 0 Å². The van der Waals surface area contributed by atoms with Crippen LogP contribution < -0.4 is 9.47 Å². The molecule has 134 valence electrons. The predicted molar refractivity (Wildman–Crippen MR) is 94.6 cm³/mol. The van der Waals surface area contributed by atoms with Crippen LogP contribution in [0.3, 0.4) is 0 Å². The molecule has 0 N–H and O–H groups in total. The first-order valence-electron chi connectivity index (χ1n) is 7.76. The molecule has 0 fully saturated rings. The molecule has 0 bridgehead atoms. The number of benzene rings is 1. The molecule has 1 aromatic rings. The SMILES string of the molecule is CCOc1c(Br)cc(C(=O)N(CC)CC(C)C(=O)OC)cc1OC. The number of methoxy groups -OCH3 is 2. The Labute approximate surface area is 151 Å². The molecule has 1 atom stereocenters. The number of carbonyl (C=O) groups is 2. The van der Waals surface area contributed by atoms with Crippen molar-refractivity contribution >= 4 is 27.8 Å². The van der Waals surface area contributed by atoms with Crippen molar-refractivity contribution in [3.05, 3.63) is 22.2 Å². The molecule has 1 amide bonds. The summed E-state index contributed by atoms with van der Waals surface area (Å²) in [4.78, 5) is 26.0. The van der Waals surface area contributed by atoms with E-state index >= 15 is 0 Å². The maximum atomic E-state index is 12.8. The minimum Gasteiger partial charge on any atom is -0.493 e. The number of amides is 1. The second-order valence-electron chi connectivity index (χ2n) is 5.19. The lowest BCUT2D eigenvalue weighted by Gasteiger charge is -2.24. The Hall–Kier alpha value is -1.76. The van der Waals surface area contributed by atoms with Crippen LogP contribution in [-0.4, -0.2) is 50.7 Å². The van der Waals surface area contributed by atoms with Crippen LogP contribution in [0.5, 0.6) is 11.5 Å². The second-order valence-corrected chi connectivity index (χ2v) is 6.04. The summed E-state index contributed by atoms with van der Waals surface area (Å²) in [6.45, 7) is 6.72. The van der Waals surface area contributed by atoms with Gasteiger partial charge in [0, 0.05) is 18.7 Å². The standard InChI is InChI=1S/C17H24BrNO5/c1-6-19(10-11(3)17(21)23-5)16(20)12-8-13(18)15(24-7-2)14(9-12)22-4/h8-9,11H,6-7,10H2,1-5H3.